The number of carboxylic acids is 1. The number of hydrogen-bond acceptors (Lipinski definition) is 3. The Morgan fingerprint density at radius 3 is 2.81 bits per heavy atom. The summed E-state index contributed by atoms with van der Waals surface area (Å²) in [6, 6.07) is 1.68. The fourth-order valence-electron chi connectivity index (χ4n) is 1.24. The van der Waals surface area contributed by atoms with Crippen molar-refractivity contribution in [2.24, 2.45) is 5.73 Å². The van der Waals surface area contributed by atoms with Crippen molar-refractivity contribution in [3.63, 3.8) is 0 Å². The Morgan fingerprint density at radius 1 is 1.69 bits per heavy atom. The molecule has 1 atom stereocenters. The lowest BCUT2D eigenvalue weighted by Gasteiger charge is -2.11. The molecule has 0 heterocycles. The predicted octanol–water partition coefficient (Wildman–Crippen LogP) is 1.44. The van der Waals surface area contributed by atoms with Crippen LogP contribution in [-0.4, -0.2) is 24.2 Å². The number of aliphatic carboxylic acids is 1. The highest BCUT2D eigenvalue weighted by atomic mass is 35.5. The lowest BCUT2D eigenvalue weighted by molar-refractivity contribution is -0.138. The fraction of sp³-hybridized carbons (Fsp3) is 0.300. The first-order valence-corrected chi connectivity index (χ1v) is 4.84. The van der Waals surface area contributed by atoms with Gasteiger partial charge < -0.3 is 15.6 Å². The summed E-state index contributed by atoms with van der Waals surface area (Å²) in [6.07, 6.45) is -0.116. The topological polar surface area (TPSA) is 72.5 Å². The average Bonchev–Trinajstić information content (AvgIpc) is 2.22. The number of hydrogen-bond donors (Lipinski definition) is 2. The van der Waals surface area contributed by atoms with E-state index in [2.05, 4.69) is 0 Å². The Bertz CT molecular complexity index is 411. The summed E-state index contributed by atoms with van der Waals surface area (Å²) in [4.78, 5) is 10.5. The first-order valence-electron chi connectivity index (χ1n) is 4.46. The van der Waals surface area contributed by atoms with E-state index >= 15 is 0 Å². The summed E-state index contributed by atoms with van der Waals surface area (Å²) >= 11 is 5.69. The third-order valence-corrected chi connectivity index (χ3v) is 2.39. The molecule has 16 heavy (non-hydrogen) atoms. The van der Waals surface area contributed by atoms with Gasteiger partial charge >= 0.3 is 5.97 Å². The van der Waals surface area contributed by atoms with Crippen molar-refractivity contribution in [2.75, 3.05) is 7.11 Å². The second-order valence-electron chi connectivity index (χ2n) is 3.20. The van der Waals surface area contributed by atoms with Gasteiger partial charge in [0.1, 0.15) is 6.04 Å². The Morgan fingerprint density at radius 2 is 2.31 bits per heavy atom. The Hall–Kier alpha value is -1.33. The molecule has 0 unspecified atom stereocenters. The van der Waals surface area contributed by atoms with Crippen molar-refractivity contribution in [1.29, 1.82) is 0 Å². The van der Waals surface area contributed by atoms with Gasteiger partial charge in [0.2, 0.25) is 0 Å². The van der Waals surface area contributed by atoms with Crippen molar-refractivity contribution < 1.29 is 19.0 Å². The van der Waals surface area contributed by atoms with Gasteiger partial charge in [0.15, 0.2) is 11.6 Å². The summed E-state index contributed by atoms with van der Waals surface area (Å²) in [7, 11) is 1.28. The molecule has 0 saturated carbocycles. The van der Waals surface area contributed by atoms with Crippen LogP contribution in [0, 0.1) is 5.82 Å². The van der Waals surface area contributed by atoms with Crippen molar-refractivity contribution in [3.05, 3.63) is 28.5 Å². The zero-order valence-electron chi connectivity index (χ0n) is 8.54. The van der Waals surface area contributed by atoms with Crippen LogP contribution in [0.15, 0.2) is 12.1 Å². The molecular formula is C10H11ClFNO3. The van der Waals surface area contributed by atoms with Gasteiger partial charge in [-0.3, -0.25) is 4.79 Å². The van der Waals surface area contributed by atoms with Gasteiger partial charge in [-0.25, -0.2) is 4.39 Å². The van der Waals surface area contributed by atoms with Crippen LogP contribution in [-0.2, 0) is 11.2 Å². The minimum absolute atomic E-state index is 0.100. The molecule has 0 aromatic heterocycles. The van der Waals surface area contributed by atoms with E-state index in [9.17, 15) is 9.18 Å². The maximum Gasteiger partial charge on any atom is 0.320 e. The van der Waals surface area contributed by atoms with Crippen molar-refractivity contribution in [2.45, 2.75) is 12.5 Å². The van der Waals surface area contributed by atoms with Gasteiger partial charge in [-0.05, 0) is 11.6 Å². The van der Waals surface area contributed by atoms with E-state index in [1.54, 1.807) is 0 Å². The van der Waals surface area contributed by atoms with Crippen LogP contribution in [0.2, 0.25) is 5.02 Å². The van der Waals surface area contributed by atoms with Crippen LogP contribution < -0.4 is 10.5 Å². The van der Waals surface area contributed by atoms with Crippen LogP contribution in [0.3, 0.4) is 0 Å². The minimum Gasteiger partial charge on any atom is -0.492 e. The van der Waals surface area contributed by atoms with Gasteiger partial charge in [-0.1, -0.05) is 17.7 Å². The molecule has 0 fully saturated rings. The summed E-state index contributed by atoms with van der Waals surface area (Å²) < 4.78 is 18.5. The lowest BCUT2D eigenvalue weighted by Crippen LogP contribution is -2.32. The van der Waals surface area contributed by atoms with Crippen LogP contribution in [0.1, 0.15) is 5.56 Å². The van der Waals surface area contributed by atoms with Crippen molar-refractivity contribution in [3.8, 4) is 5.75 Å². The number of halogens is 2. The highest BCUT2D eigenvalue weighted by molar-refractivity contribution is 6.32. The number of rotatable bonds is 4. The van der Waals surface area contributed by atoms with Gasteiger partial charge in [0, 0.05) is 6.42 Å². The average molecular weight is 248 g/mol. The van der Waals surface area contributed by atoms with Crippen molar-refractivity contribution >= 4 is 17.6 Å². The molecule has 0 aliphatic heterocycles. The Kier molecular flexibility index (Phi) is 4.09. The second kappa shape index (κ2) is 5.14. The first-order chi connectivity index (χ1) is 7.47. The van der Waals surface area contributed by atoms with Gasteiger partial charge in [0.25, 0.3) is 0 Å². The minimum atomic E-state index is -1.19. The molecule has 1 rings (SSSR count). The SMILES string of the molecule is COc1c(Cl)ccc(C[C@H](N)C(=O)O)c1F. The standard InChI is InChI=1S/C10H11ClFNO3/c1-16-9-6(11)3-2-5(8(9)12)4-7(13)10(14)15/h2-3,7H,4,13H2,1H3,(H,14,15)/t7-/m0/s1. The van der Waals surface area contributed by atoms with E-state index in [1.807, 2.05) is 0 Å². The first kappa shape index (κ1) is 12.7. The van der Waals surface area contributed by atoms with E-state index in [4.69, 9.17) is 27.2 Å². The normalized spacial score (nSPS) is 12.2. The molecule has 1 aromatic rings. The molecule has 6 heteroatoms. The largest absolute Gasteiger partial charge is 0.492 e. The van der Waals surface area contributed by atoms with Crippen LogP contribution >= 0.6 is 11.6 Å². The van der Waals surface area contributed by atoms with Crippen LogP contribution in [0.4, 0.5) is 4.39 Å². The Balaban J connectivity index is 3.02. The number of methoxy groups -OCH3 is 1. The zero-order chi connectivity index (χ0) is 12.3. The summed E-state index contributed by atoms with van der Waals surface area (Å²) in [6.45, 7) is 0. The van der Waals surface area contributed by atoms with E-state index in [0.29, 0.717) is 0 Å². The molecule has 0 spiro atoms. The highest BCUT2D eigenvalue weighted by Gasteiger charge is 2.18. The zero-order valence-corrected chi connectivity index (χ0v) is 9.29. The predicted molar refractivity (Wildman–Crippen MR) is 57.3 cm³/mol. The fourth-order valence-corrected chi connectivity index (χ4v) is 1.47. The molecule has 0 bridgehead atoms. The summed E-state index contributed by atoms with van der Waals surface area (Å²) in [5.74, 6) is -1.96. The third-order valence-electron chi connectivity index (χ3n) is 2.09. The van der Waals surface area contributed by atoms with E-state index in [0.717, 1.165) is 0 Å². The van der Waals surface area contributed by atoms with Crippen LogP contribution in [0.25, 0.3) is 0 Å². The smallest absolute Gasteiger partial charge is 0.320 e. The molecule has 0 radical (unpaired) electrons. The lowest BCUT2D eigenvalue weighted by atomic mass is 10.1. The number of carboxylic acid groups (broad SMARTS) is 1. The summed E-state index contributed by atoms with van der Waals surface area (Å²) in [5, 5.41) is 8.74. The highest BCUT2D eigenvalue weighted by Crippen LogP contribution is 2.30. The van der Waals surface area contributed by atoms with Crippen LogP contribution in [0.5, 0.6) is 5.75 Å². The molecule has 88 valence electrons. The molecule has 0 aliphatic rings. The van der Waals surface area contributed by atoms with Gasteiger partial charge in [-0.15, -0.1) is 0 Å². The quantitative estimate of drug-likeness (QED) is 0.845. The maximum atomic E-state index is 13.7. The van der Waals surface area contributed by atoms with E-state index in [-0.39, 0.29) is 22.8 Å². The second-order valence-corrected chi connectivity index (χ2v) is 3.61. The molecule has 1 aromatic carbocycles. The number of nitrogens with two attached hydrogens (primary N) is 1. The molecule has 0 amide bonds. The summed E-state index contributed by atoms with van der Waals surface area (Å²) in [5.41, 5.74) is 5.47. The molecular weight excluding hydrogens is 237 g/mol. The Labute approximate surface area is 96.8 Å². The monoisotopic (exact) mass is 247 g/mol. The number of ether oxygens (including phenoxy) is 1. The van der Waals surface area contributed by atoms with Crippen molar-refractivity contribution in [1.82, 2.24) is 0 Å². The number of benzene rings is 1. The number of carbonyl (C=O) groups is 1. The molecule has 3 N–H and O–H groups in total. The van der Waals surface area contributed by atoms with E-state index < -0.39 is 17.8 Å². The molecule has 0 aliphatic carbocycles. The van der Waals surface area contributed by atoms with E-state index in [1.165, 1.54) is 19.2 Å². The molecule has 0 saturated heterocycles. The third kappa shape index (κ3) is 2.62. The van der Waals surface area contributed by atoms with Gasteiger partial charge in [-0.2, -0.15) is 0 Å². The van der Waals surface area contributed by atoms with Gasteiger partial charge in [0.05, 0.1) is 12.1 Å². The molecule has 4 nitrogen and oxygen atoms in total. The maximum absolute atomic E-state index is 13.7.